The highest BCUT2D eigenvalue weighted by Crippen LogP contribution is 2.33. The van der Waals surface area contributed by atoms with E-state index < -0.39 is 0 Å². The predicted molar refractivity (Wildman–Crippen MR) is 105 cm³/mol. The zero-order chi connectivity index (χ0) is 18.8. The third-order valence-electron chi connectivity index (χ3n) is 4.96. The van der Waals surface area contributed by atoms with Crippen molar-refractivity contribution in [2.75, 3.05) is 11.9 Å². The number of para-hydroxylation sites is 1. The number of ether oxygens (including phenoxy) is 1. The molecule has 2 atom stereocenters. The molecule has 2 aromatic carbocycles. The second-order valence-corrected chi connectivity index (χ2v) is 6.88. The van der Waals surface area contributed by atoms with Crippen LogP contribution in [0.1, 0.15) is 30.2 Å². The quantitative estimate of drug-likeness (QED) is 0.533. The molecule has 27 heavy (non-hydrogen) atoms. The van der Waals surface area contributed by atoms with Crippen LogP contribution in [0.25, 0.3) is 10.9 Å². The van der Waals surface area contributed by atoms with Crippen molar-refractivity contribution in [3.63, 3.8) is 0 Å². The van der Waals surface area contributed by atoms with Gasteiger partial charge >= 0.3 is 0 Å². The minimum atomic E-state index is -0.377. The van der Waals surface area contributed by atoms with Crippen LogP contribution in [-0.2, 0) is 4.74 Å². The molecule has 2 unspecified atom stereocenters. The van der Waals surface area contributed by atoms with E-state index in [1.807, 2.05) is 37.3 Å². The number of pyridine rings is 1. The first-order chi connectivity index (χ1) is 13.1. The Balaban J connectivity index is 1.63. The molecule has 0 aliphatic carbocycles. The summed E-state index contributed by atoms with van der Waals surface area (Å²) in [6, 6.07) is 17.5. The molecule has 2 heterocycles. The number of rotatable bonds is 4. The molecule has 1 aliphatic rings. The van der Waals surface area contributed by atoms with E-state index in [0.29, 0.717) is 12.1 Å². The second-order valence-electron chi connectivity index (χ2n) is 6.88. The van der Waals surface area contributed by atoms with Crippen molar-refractivity contribution in [1.29, 1.82) is 0 Å². The summed E-state index contributed by atoms with van der Waals surface area (Å²) < 4.78 is 5.95. The van der Waals surface area contributed by atoms with Crippen molar-refractivity contribution in [2.45, 2.75) is 31.9 Å². The van der Waals surface area contributed by atoms with E-state index >= 15 is 0 Å². The van der Waals surface area contributed by atoms with Crippen molar-refractivity contribution in [3.05, 3.63) is 76.0 Å². The number of anilines is 1. The van der Waals surface area contributed by atoms with E-state index in [0.717, 1.165) is 29.6 Å². The number of nitrogens with one attached hydrogen (secondary N) is 1. The van der Waals surface area contributed by atoms with Crippen molar-refractivity contribution < 1.29 is 9.66 Å². The Hall–Kier alpha value is -2.99. The van der Waals surface area contributed by atoms with Crippen molar-refractivity contribution in [3.8, 4) is 0 Å². The van der Waals surface area contributed by atoms with Crippen LogP contribution in [-0.4, -0.2) is 22.6 Å². The standard InChI is InChI=1S/C21H21N3O3/c1-14-12-18(17-8-5-9-19(24(25)26)21(17)22-14)23-16-10-11-27-20(13-16)15-6-3-2-4-7-15/h2-9,12,16,20H,10-11,13H2,1H3,(H,22,23). The lowest BCUT2D eigenvalue weighted by molar-refractivity contribution is -0.383. The maximum absolute atomic E-state index is 11.4. The van der Waals surface area contributed by atoms with Crippen LogP contribution in [0.3, 0.4) is 0 Å². The molecule has 1 N–H and O–H groups in total. The molecule has 3 aromatic rings. The number of aryl methyl sites for hydroxylation is 1. The Bertz CT molecular complexity index is 975. The normalized spacial score (nSPS) is 19.7. The van der Waals surface area contributed by atoms with Gasteiger partial charge in [0.2, 0.25) is 0 Å². The predicted octanol–water partition coefficient (Wildman–Crippen LogP) is 4.78. The Kier molecular flexibility index (Phi) is 4.73. The Labute approximate surface area is 157 Å². The van der Waals surface area contributed by atoms with Crippen molar-refractivity contribution >= 4 is 22.3 Å². The first kappa shape index (κ1) is 17.4. The number of non-ortho nitro benzene ring substituents is 1. The first-order valence-electron chi connectivity index (χ1n) is 9.09. The second kappa shape index (κ2) is 7.32. The minimum absolute atomic E-state index is 0.0355. The third-order valence-corrected chi connectivity index (χ3v) is 4.96. The van der Waals surface area contributed by atoms with Crippen LogP contribution >= 0.6 is 0 Å². The summed E-state index contributed by atoms with van der Waals surface area (Å²) in [4.78, 5) is 15.4. The molecule has 4 rings (SSSR count). The molecule has 0 radical (unpaired) electrons. The van der Waals surface area contributed by atoms with E-state index in [9.17, 15) is 10.1 Å². The fourth-order valence-electron chi connectivity index (χ4n) is 3.68. The summed E-state index contributed by atoms with van der Waals surface area (Å²) in [5, 5.41) is 15.7. The van der Waals surface area contributed by atoms with Gasteiger partial charge in [0.05, 0.1) is 11.0 Å². The minimum Gasteiger partial charge on any atom is -0.382 e. The van der Waals surface area contributed by atoms with Gasteiger partial charge in [0, 0.05) is 35.5 Å². The smallest absolute Gasteiger partial charge is 0.295 e. The fourth-order valence-corrected chi connectivity index (χ4v) is 3.68. The highest BCUT2D eigenvalue weighted by molar-refractivity contribution is 5.96. The lowest BCUT2D eigenvalue weighted by Gasteiger charge is -2.31. The average molecular weight is 363 g/mol. The van der Waals surface area contributed by atoms with Gasteiger partial charge in [-0.25, -0.2) is 4.98 Å². The third kappa shape index (κ3) is 3.61. The highest BCUT2D eigenvalue weighted by Gasteiger charge is 2.25. The number of nitro benzene ring substituents is 1. The number of fused-ring (bicyclic) bond motifs is 1. The molecule has 0 saturated carbocycles. The lowest BCUT2D eigenvalue weighted by atomic mass is 9.97. The number of aromatic nitrogens is 1. The summed E-state index contributed by atoms with van der Waals surface area (Å²) in [5.74, 6) is 0. The van der Waals surface area contributed by atoms with Crippen LogP contribution in [0.2, 0.25) is 0 Å². The maximum Gasteiger partial charge on any atom is 0.295 e. The zero-order valence-electron chi connectivity index (χ0n) is 15.1. The molecule has 138 valence electrons. The number of hydrogen-bond acceptors (Lipinski definition) is 5. The van der Waals surface area contributed by atoms with E-state index in [-0.39, 0.29) is 22.8 Å². The van der Waals surface area contributed by atoms with Gasteiger partial charge in [-0.15, -0.1) is 0 Å². The molecule has 1 fully saturated rings. The van der Waals surface area contributed by atoms with Crippen LogP contribution in [0.15, 0.2) is 54.6 Å². The molecule has 1 saturated heterocycles. The Morgan fingerprint density at radius 2 is 2.00 bits per heavy atom. The monoisotopic (exact) mass is 363 g/mol. The molecule has 1 aromatic heterocycles. The molecule has 0 bridgehead atoms. The van der Waals surface area contributed by atoms with Gasteiger partial charge in [-0.2, -0.15) is 0 Å². The molecule has 1 aliphatic heterocycles. The van der Waals surface area contributed by atoms with Crippen molar-refractivity contribution in [2.24, 2.45) is 0 Å². The topological polar surface area (TPSA) is 77.3 Å². The molecule has 6 heteroatoms. The average Bonchev–Trinajstić information content (AvgIpc) is 2.68. The van der Waals surface area contributed by atoms with E-state index in [1.54, 1.807) is 6.07 Å². The molecule has 0 spiro atoms. The first-order valence-corrected chi connectivity index (χ1v) is 9.09. The Morgan fingerprint density at radius 3 is 2.78 bits per heavy atom. The Morgan fingerprint density at radius 1 is 1.19 bits per heavy atom. The van der Waals surface area contributed by atoms with Crippen molar-refractivity contribution in [1.82, 2.24) is 4.98 Å². The summed E-state index contributed by atoms with van der Waals surface area (Å²) >= 11 is 0. The summed E-state index contributed by atoms with van der Waals surface area (Å²) in [6.07, 6.45) is 1.80. The van der Waals surface area contributed by atoms with Gasteiger partial charge in [-0.05, 0) is 31.4 Å². The molecular weight excluding hydrogens is 342 g/mol. The number of nitro groups is 1. The van der Waals surface area contributed by atoms with E-state index in [1.165, 1.54) is 11.6 Å². The summed E-state index contributed by atoms with van der Waals surface area (Å²) in [7, 11) is 0. The van der Waals surface area contributed by atoms with Gasteiger partial charge in [0.25, 0.3) is 5.69 Å². The maximum atomic E-state index is 11.4. The molecule has 0 amide bonds. The highest BCUT2D eigenvalue weighted by atomic mass is 16.6. The number of benzene rings is 2. The van der Waals surface area contributed by atoms with E-state index in [2.05, 4.69) is 22.4 Å². The van der Waals surface area contributed by atoms with Crippen LogP contribution in [0.5, 0.6) is 0 Å². The zero-order valence-corrected chi connectivity index (χ0v) is 15.1. The van der Waals surface area contributed by atoms with Gasteiger partial charge in [-0.1, -0.05) is 42.5 Å². The largest absolute Gasteiger partial charge is 0.382 e. The molecular formula is C21H21N3O3. The van der Waals surface area contributed by atoms with Crippen LogP contribution in [0.4, 0.5) is 11.4 Å². The lowest BCUT2D eigenvalue weighted by Crippen LogP contribution is -2.30. The van der Waals surface area contributed by atoms with E-state index in [4.69, 9.17) is 4.74 Å². The van der Waals surface area contributed by atoms with Crippen LogP contribution < -0.4 is 5.32 Å². The molecule has 6 nitrogen and oxygen atoms in total. The fraction of sp³-hybridized carbons (Fsp3) is 0.286. The SMILES string of the molecule is Cc1cc(NC2CCOC(c3ccccc3)C2)c2cccc([N+](=O)[O-])c2n1. The van der Waals surface area contributed by atoms with Crippen LogP contribution in [0, 0.1) is 17.0 Å². The van der Waals surface area contributed by atoms with Gasteiger partial charge in [0.15, 0.2) is 5.52 Å². The number of nitrogens with zero attached hydrogens (tertiary/aromatic N) is 2. The van der Waals surface area contributed by atoms with Gasteiger partial charge in [-0.3, -0.25) is 10.1 Å². The summed E-state index contributed by atoms with van der Waals surface area (Å²) in [5.41, 5.74) is 3.28. The number of hydrogen-bond donors (Lipinski definition) is 1. The van der Waals surface area contributed by atoms with Gasteiger partial charge < -0.3 is 10.1 Å². The van der Waals surface area contributed by atoms with Gasteiger partial charge in [0.1, 0.15) is 0 Å². The summed E-state index contributed by atoms with van der Waals surface area (Å²) in [6.45, 7) is 2.54.